The van der Waals surface area contributed by atoms with E-state index < -0.39 is 0 Å². The summed E-state index contributed by atoms with van der Waals surface area (Å²) in [5, 5.41) is 11.6. The van der Waals surface area contributed by atoms with Gasteiger partial charge in [0.1, 0.15) is 5.75 Å². The van der Waals surface area contributed by atoms with E-state index in [0.717, 1.165) is 42.5 Å². The zero-order valence-electron chi connectivity index (χ0n) is 21.1. The van der Waals surface area contributed by atoms with E-state index in [4.69, 9.17) is 4.74 Å². The van der Waals surface area contributed by atoms with Gasteiger partial charge in [-0.3, -0.25) is 14.5 Å². The van der Waals surface area contributed by atoms with E-state index in [0.29, 0.717) is 19.6 Å². The lowest BCUT2D eigenvalue weighted by Gasteiger charge is -2.31. The van der Waals surface area contributed by atoms with Crippen LogP contribution in [0.25, 0.3) is 6.08 Å². The van der Waals surface area contributed by atoms with Crippen LogP contribution in [0.2, 0.25) is 0 Å². The number of carbonyl (C=O) groups is 2. The molecule has 4 atom stereocenters. The summed E-state index contributed by atoms with van der Waals surface area (Å²) in [6.07, 6.45) is 7.72. The molecule has 5 nitrogen and oxygen atoms in total. The summed E-state index contributed by atoms with van der Waals surface area (Å²) in [4.78, 5) is 29.4. The number of aromatic hydroxyl groups is 1. The van der Waals surface area contributed by atoms with Gasteiger partial charge in [0.05, 0.1) is 31.1 Å². The molecule has 1 N–H and O–H groups in total. The number of imide groups is 1. The molecule has 2 aromatic rings. The number of fused-ring (bicyclic) bond motifs is 3. The van der Waals surface area contributed by atoms with Crippen molar-refractivity contribution in [3.8, 4) is 5.75 Å². The summed E-state index contributed by atoms with van der Waals surface area (Å²) >= 11 is 1.59. The molecule has 0 radical (unpaired) electrons. The second-order valence-electron chi connectivity index (χ2n) is 10.2. The van der Waals surface area contributed by atoms with Crippen molar-refractivity contribution in [2.75, 3.05) is 6.61 Å². The smallest absolute Gasteiger partial charge is 0.234 e. The van der Waals surface area contributed by atoms with E-state index in [9.17, 15) is 14.7 Å². The first-order valence-electron chi connectivity index (χ1n) is 13.2. The summed E-state index contributed by atoms with van der Waals surface area (Å²) in [6.45, 7) is 5.27. The normalized spacial score (nSPS) is 26.1. The van der Waals surface area contributed by atoms with Gasteiger partial charge in [0.2, 0.25) is 11.8 Å². The van der Waals surface area contributed by atoms with Gasteiger partial charge in [0, 0.05) is 10.8 Å². The van der Waals surface area contributed by atoms with Crippen molar-refractivity contribution < 1.29 is 19.4 Å². The molecule has 3 aliphatic rings. The van der Waals surface area contributed by atoms with E-state index in [-0.39, 0.29) is 41.4 Å². The van der Waals surface area contributed by atoms with Crippen molar-refractivity contribution in [2.45, 2.75) is 65.0 Å². The predicted molar refractivity (Wildman–Crippen MR) is 142 cm³/mol. The van der Waals surface area contributed by atoms with Crippen LogP contribution < -0.4 is 0 Å². The molecule has 2 aliphatic heterocycles. The van der Waals surface area contributed by atoms with Gasteiger partial charge in [-0.25, -0.2) is 0 Å². The predicted octanol–water partition coefficient (Wildman–Crippen LogP) is 6.34. The zero-order valence-corrected chi connectivity index (χ0v) is 21.9. The molecule has 190 valence electrons. The van der Waals surface area contributed by atoms with E-state index in [1.165, 1.54) is 21.6 Å². The second-order valence-corrected chi connectivity index (χ2v) is 11.2. The topological polar surface area (TPSA) is 66.8 Å². The number of hydrogen-bond acceptors (Lipinski definition) is 5. The molecular weight excluding hydrogens is 470 g/mol. The Morgan fingerprint density at radius 1 is 1.11 bits per heavy atom. The Morgan fingerprint density at radius 3 is 2.61 bits per heavy atom. The number of rotatable bonds is 9. The van der Waals surface area contributed by atoms with Gasteiger partial charge in [0.25, 0.3) is 0 Å². The van der Waals surface area contributed by atoms with E-state index in [1.54, 1.807) is 23.5 Å². The van der Waals surface area contributed by atoms with Crippen LogP contribution in [-0.2, 0) is 20.9 Å². The Kier molecular flexibility index (Phi) is 7.44. The van der Waals surface area contributed by atoms with Crippen molar-refractivity contribution >= 4 is 29.2 Å². The van der Waals surface area contributed by atoms with Crippen LogP contribution in [0, 0.1) is 17.8 Å². The van der Waals surface area contributed by atoms with E-state index in [2.05, 4.69) is 19.9 Å². The Hall–Kier alpha value is -2.70. The summed E-state index contributed by atoms with van der Waals surface area (Å²) in [5.74, 6) is -0.251. The molecule has 0 spiro atoms. The highest BCUT2D eigenvalue weighted by atomic mass is 32.1. The maximum Gasteiger partial charge on any atom is 0.234 e. The first kappa shape index (κ1) is 25.0. The summed E-state index contributed by atoms with van der Waals surface area (Å²) in [5.41, 5.74) is 5.09. The van der Waals surface area contributed by atoms with Crippen LogP contribution in [0.4, 0.5) is 0 Å². The number of likely N-dealkylation sites (tertiary alicyclic amines) is 1. The van der Waals surface area contributed by atoms with E-state index in [1.807, 2.05) is 29.6 Å². The van der Waals surface area contributed by atoms with Crippen LogP contribution in [0.1, 0.15) is 62.8 Å². The minimum atomic E-state index is -0.282. The van der Waals surface area contributed by atoms with Crippen molar-refractivity contribution in [1.29, 1.82) is 0 Å². The quantitative estimate of drug-likeness (QED) is 0.319. The third kappa shape index (κ3) is 4.81. The number of hydrogen-bond donors (Lipinski definition) is 1. The monoisotopic (exact) mass is 505 g/mol. The number of amides is 2. The molecule has 2 amide bonds. The van der Waals surface area contributed by atoms with Crippen LogP contribution in [0.3, 0.4) is 0 Å². The maximum atomic E-state index is 13.5. The Morgan fingerprint density at radius 2 is 1.92 bits per heavy atom. The Labute approximate surface area is 217 Å². The number of phenols is 1. The van der Waals surface area contributed by atoms with Gasteiger partial charge in [-0.2, -0.15) is 0 Å². The molecule has 0 unspecified atom stereocenters. The average molecular weight is 506 g/mol. The third-order valence-corrected chi connectivity index (χ3v) is 8.84. The lowest BCUT2D eigenvalue weighted by Crippen LogP contribution is -2.34. The molecule has 0 bridgehead atoms. The highest BCUT2D eigenvalue weighted by Crippen LogP contribution is 2.50. The maximum absolute atomic E-state index is 13.5. The number of ether oxygens (including phenoxy) is 1. The first-order valence-corrected chi connectivity index (χ1v) is 14.1. The number of benzene rings is 1. The van der Waals surface area contributed by atoms with E-state index >= 15 is 0 Å². The Balaban J connectivity index is 1.33. The number of allylic oxidation sites excluding steroid dienone is 2. The molecule has 2 fully saturated rings. The minimum Gasteiger partial charge on any atom is -0.508 e. The standard InChI is InChI=1S/C30H35NO4S/c1-3-6-19(15-20-8-11-22(32)12-9-20)10-13-26-27-21(4-2)16-24-28(25(27)18-35-26)30(34)31(29(24)33)17-23-7-5-14-36-23/h5,7-9,11-12,14-15,24-26,28,32H,3-4,6,10,13,16-18H2,1-2H3/b19-15+/t24-,25+,26-,28-/m1/s1. The van der Waals surface area contributed by atoms with Crippen molar-refractivity contribution in [3.05, 3.63) is 68.9 Å². The van der Waals surface area contributed by atoms with Gasteiger partial charge in [0.15, 0.2) is 0 Å². The molecule has 3 heterocycles. The minimum absolute atomic E-state index is 0.00564. The fourth-order valence-electron chi connectivity index (χ4n) is 6.30. The number of phenolic OH excluding ortho intramolecular Hbond substituents is 1. The van der Waals surface area contributed by atoms with Gasteiger partial charge in [-0.05, 0) is 66.8 Å². The lowest BCUT2D eigenvalue weighted by atomic mass is 9.69. The molecule has 2 saturated heterocycles. The highest BCUT2D eigenvalue weighted by Gasteiger charge is 2.56. The van der Waals surface area contributed by atoms with Crippen molar-refractivity contribution in [1.82, 2.24) is 4.90 Å². The lowest BCUT2D eigenvalue weighted by molar-refractivity contribution is -0.140. The molecule has 1 aromatic heterocycles. The van der Waals surface area contributed by atoms with Gasteiger partial charge in [-0.1, -0.05) is 55.7 Å². The van der Waals surface area contributed by atoms with Crippen molar-refractivity contribution in [3.63, 3.8) is 0 Å². The molecule has 0 saturated carbocycles. The fourth-order valence-corrected chi connectivity index (χ4v) is 7.00. The highest BCUT2D eigenvalue weighted by molar-refractivity contribution is 7.09. The van der Waals surface area contributed by atoms with Gasteiger partial charge >= 0.3 is 0 Å². The third-order valence-electron chi connectivity index (χ3n) is 7.98. The van der Waals surface area contributed by atoms with Crippen LogP contribution >= 0.6 is 11.3 Å². The molecule has 6 heteroatoms. The molecule has 5 rings (SSSR count). The number of carbonyl (C=O) groups excluding carboxylic acids is 2. The zero-order chi connectivity index (χ0) is 25.2. The van der Waals surface area contributed by atoms with Crippen LogP contribution in [0.15, 0.2) is 58.5 Å². The number of thiophene rings is 1. The molecule has 1 aromatic carbocycles. The number of nitrogens with zero attached hydrogens (tertiary/aromatic N) is 1. The largest absolute Gasteiger partial charge is 0.508 e. The van der Waals surface area contributed by atoms with Crippen LogP contribution in [-0.4, -0.2) is 34.5 Å². The average Bonchev–Trinajstić information content (AvgIpc) is 3.60. The summed E-state index contributed by atoms with van der Waals surface area (Å²) in [7, 11) is 0. The van der Waals surface area contributed by atoms with Crippen molar-refractivity contribution in [2.24, 2.45) is 17.8 Å². The molecule has 1 aliphatic carbocycles. The van der Waals surface area contributed by atoms with Gasteiger partial charge in [-0.15, -0.1) is 11.3 Å². The summed E-state index contributed by atoms with van der Waals surface area (Å²) < 4.78 is 6.36. The first-order chi connectivity index (χ1) is 17.5. The van der Waals surface area contributed by atoms with Crippen LogP contribution in [0.5, 0.6) is 5.75 Å². The Bertz CT molecular complexity index is 1160. The summed E-state index contributed by atoms with van der Waals surface area (Å²) in [6, 6.07) is 11.3. The molecular formula is C30H35NO4S. The van der Waals surface area contributed by atoms with Gasteiger partial charge < -0.3 is 9.84 Å². The SMILES string of the molecule is CCC/C(=C\c1ccc(O)cc1)CC[C@H]1OC[C@H]2C1=C(CC)C[C@H]1C(=O)N(Cc3cccs3)C(=O)[C@H]12. The fraction of sp³-hybridized carbons (Fsp3) is 0.467. The molecule has 36 heavy (non-hydrogen) atoms. The second kappa shape index (κ2) is 10.7.